The number of hydrogen-bond donors (Lipinski definition) is 0. The van der Waals surface area contributed by atoms with Gasteiger partial charge in [0.1, 0.15) is 15.8 Å². The van der Waals surface area contributed by atoms with Gasteiger partial charge in [0.25, 0.3) is 11.5 Å². The SMILES string of the molecule is CCCCCN1C(=O)C(=Cc2c(N3CCN(CC)CC3)nc3ccccn3c2=O)SC1=S. The van der Waals surface area contributed by atoms with E-state index in [9.17, 15) is 9.59 Å². The van der Waals surface area contributed by atoms with E-state index in [-0.39, 0.29) is 11.5 Å². The smallest absolute Gasteiger partial charge is 0.267 e. The number of carbonyl (C=O) groups is 1. The van der Waals surface area contributed by atoms with Crippen molar-refractivity contribution in [3.8, 4) is 0 Å². The maximum atomic E-state index is 13.5. The Balaban J connectivity index is 1.73. The van der Waals surface area contributed by atoms with E-state index in [1.165, 1.54) is 11.8 Å². The number of nitrogens with zero attached hydrogens (tertiary/aromatic N) is 5. The van der Waals surface area contributed by atoms with Crippen LogP contribution in [0.4, 0.5) is 5.82 Å². The fourth-order valence-electron chi connectivity index (χ4n) is 4.08. The van der Waals surface area contributed by atoms with Crippen LogP contribution in [0, 0.1) is 0 Å². The third-order valence-electron chi connectivity index (χ3n) is 6.00. The van der Waals surface area contributed by atoms with Crippen molar-refractivity contribution in [3.63, 3.8) is 0 Å². The van der Waals surface area contributed by atoms with E-state index in [2.05, 4.69) is 23.6 Å². The van der Waals surface area contributed by atoms with Crippen molar-refractivity contribution in [2.45, 2.75) is 33.1 Å². The second kappa shape index (κ2) is 10.1. The van der Waals surface area contributed by atoms with Crippen molar-refractivity contribution >= 4 is 51.7 Å². The lowest BCUT2D eigenvalue weighted by Gasteiger charge is -2.35. The van der Waals surface area contributed by atoms with Gasteiger partial charge in [-0.25, -0.2) is 4.98 Å². The molecule has 0 aliphatic carbocycles. The average Bonchev–Trinajstić information content (AvgIpc) is 3.08. The largest absolute Gasteiger partial charge is 0.353 e. The zero-order chi connectivity index (χ0) is 22.7. The van der Waals surface area contributed by atoms with Crippen LogP contribution >= 0.6 is 24.0 Å². The molecule has 170 valence electrons. The predicted octanol–water partition coefficient (Wildman–Crippen LogP) is 3.23. The van der Waals surface area contributed by atoms with Crippen LogP contribution in [0.2, 0.25) is 0 Å². The highest BCUT2D eigenvalue weighted by atomic mass is 32.2. The molecule has 0 radical (unpaired) electrons. The Bertz CT molecular complexity index is 1110. The van der Waals surface area contributed by atoms with Gasteiger partial charge in [0.05, 0.1) is 10.5 Å². The summed E-state index contributed by atoms with van der Waals surface area (Å²) in [7, 11) is 0. The summed E-state index contributed by atoms with van der Waals surface area (Å²) >= 11 is 6.74. The van der Waals surface area contributed by atoms with Gasteiger partial charge in [-0.15, -0.1) is 0 Å². The minimum absolute atomic E-state index is 0.115. The van der Waals surface area contributed by atoms with Crippen molar-refractivity contribution in [2.24, 2.45) is 0 Å². The molecule has 0 N–H and O–H groups in total. The molecule has 0 unspecified atom stereocenters. The summed E-state index contributed by atoms with van der Waals surface area (Å²) < 4.78 is 2.10. The third kappa shape index (κ3) is 4.60. The molecule has 4 rings (SSSR count). The molecule has 0 spiro atoms. The molecule has 32 heavy (non-hydrogen) atoms. The van der Waals surface area contributed by atoms with Gasteiger partial charge in [0.15, 0.2) is 0 Å². The number of pyridine rings is 1. The molecule has 2 fully saturated rings. The maximum absolute atomic E-state index is 13.5. The maximum Gasteiger partial charge on any atom is 0.267 e. The third-order valence-corrected chi connectivity index (χ3v) is 7.38. The monoisotopic (exact) mass is 471 g/mol. The van der Waals surface area contributed by atoms with E-state index < -0.39 is 0 Å². The van der Waals surface area contributed by atoms with Crippen LogP contribution in [0.15, 0.2) is 34.1 Å². The molecule has 2 aromatic heterocycles. The van der Waals surface area contributed by atoms with Crippen molar-refractivity contribution in [3.05, 3.63) is 45.2 Å². The lowest BCUT2D eigenvalue weighted by molar-refractivity contribution is -0.122. The summed E-state index contributed by atoms with van der Waals surface area (Å²) in [5.74, 6) is 0.531. The number of unbranched alkanes of at least 4 members (excludes halogenated alkanes) is 2. The zero-order valence-corrected chi connectivity index (χ0v) is 20.3. The van der Waals surface area contributed by atoms with Crippen LogP contribution in [0.5, 0.6) is 0 Å². The highest BCUT2D eigenvalue weighted by Gasteiger charge is 2.32. The summed E-state index contributed by atoms with van der Waals surface area (Å²) in [5, 5.41) is 0. The van der Waals surface area contributed by atoms with Gasteiger partial charge in [-0.1, -0.05) is 56.7 Å². The first-order valence-corrected chi connectivity index (χ1v) is 12.5. The average molecular weight is 472 g/mol. The summed E-state index contributed by atoms with van der Waals surface area (Å²) in [6.07, 6.45) is 6.48. The quantitative estimate of drug-likeness (QED) is 0.349. The Morgan fingerprint density at radius 1 is 1.12 bits per heavy atom. The molecule has 2 saturated heterocycles. The van der Waals surface area contributed by atoms with E-state index in [1.807, 2.05) is 18.2 Å². The van der Waals surface area contributed by atoms with Gasteiger partial charge < -0.3 is 9.80 Å². The first-order valence-electron chi connectivity index (χ1n) is 11.3. The van der Waals surface area contributed by atoms with Crippen LogP contribution < -0.4 is 10.5 Å². The number of piperazine rings is 1. The van der Waals surface area contributed by atoms with Crippen LogP contribution in [-0.4, -0.2) is 68.7 Å². The zero-order valence-electron chi connectivity index (χ0n) is 18.6. The Kier molecular flexibility index (Phi) is 7.27. The Morgan fingerprint density at radius 2 is 1.91 bits per heavy atom. The lowest BCUT2D eigenvalue weighted by Crippen LogP contribution is -2.47. The molecule has 2 aromatic rings. The van der Waals surface area contributed by atoms with Crippen molar-refractivity contribution < 1.29 is 4.79 Å². The Morgan fingerprint density at radius 3 is 2.62 bits per heavy atom. The number of rotatable bonds is 7. The summed E-state index contributed by atoms with van der Waals surface area (Å²) in [6, 6.07) is 5.53. The minimum atomic E-state index is -0.167. The van der Waals surface area contributed by atoms with Crippen LogP contribution in [0.1, 0.15) is 38.7 Å². The van der Waals surface area contributed by atoms with Crippen molar-refractivity contribution in [2.75, 3.05) is 44.2 Å². The van der Waals surface area contributed by atoms with Gasteiger partial charge in [-0.05, 0) is 31.2 Å². The predicted molar refractivity (Wildman–Crippen MR) is 135 cm³/mol. The molecule has 7 nitrogen and oxygen atoms in total. The molecule has 2 aliphatic rings. The molecule has 9 heteroatoms. The molecule has 0 bridgehead atoms. The van der Waals surface area contributed by atoms with Crippen LogP contribution in [-0.2, 0) is 4.79 Å². The number of thiocarbonyl (C=S) groups is 1. The second-order valence-electron chi connectivity index (χ2n) is 8.04. The number of hydrogen-bond acceptors (Lipinski definition) is 7. The first-order chi connectivity index (χ1) is 15.5. The van der Waals surface area contributed by atoms with Crippen LogP contribution in [0.25, 0.3) is 11.7 Å². The van der Waals surface area contributed by atoms with Crippen molar-refractivity contribution in [1.29, 1.82) is 0 Å². The van der Waals surface area contributed by atoms with E-state index in [1.54, 1.807) is 21.6 Å². The molecule has 0 saturated carbocycles. The molecule has 0 aromatic carbocycles. The topological polar surface area (TPSA) is 61.2 Å². The highest BCUT2D eigenvalue weighted by Crippen LogP contribution is 2.33. The number of anilines is 1. The molecular formula is C23H29N5O2S2. The van der Waals surface area contributed by atoms with Gasteiger partial charge in [-0.2, -0.15) is 0 Å². The molecular weight excluding hydrogens is 442 g/mol. The van der Waals surface area contributed by atoms with E-state index >= 15 is 0 Å². The highest BCUT2D eigenvalue weighted by molar-refractivity contribution is 8.26. The molecule has 4 heterocycles. The molecule has 1 amide bonds. The number of fused-ring (bicyclic) bond motifs is 1. The summed E-state index contributed by atoms with van der Waals surface area (Å²) in [5.41, 5.74) is 0.891. The van der Waals surface area contributed by atoms with E-state index in [0.717, 1.165) is 52.0 Å². The van der Waals surface area contributed by atoms with E-state index in [4.69, 9.17) is 17.2 Å². The fraction of sp³-hybridized carbons (Fsp3) is 0.478. The summed E-state index contributed by atoms with van der Waals surface area (Å²) in [6.45, 7) is 9.35. The standard InChI is InChI=1S/C23H29N5O2S2/c1-3-5-7-11-28-22(30)18(32-23(28)31)16-17-20(26-14-12-25(4-2)13-15-26)24-19-9-6-8-10-27(19)21(17)29/h6,8-10,16H,3-5,7,11-15H2,1-2H3. The van der Waals surface area contributed by atoms with Gasteiger partial charge in [0, 0.05) is 38.9 Å². The number of carbonyl (C=O) groups excluding carboxylic acids is 1. The number of aromatic nitrogens is 2. The number of likely N-dealkylation sites (N-methyl/N-ethyl adjacent to an activating group) is 1. The number of amides is 1. The first kappa shape index (κ1) is 22.9. The van der Waals surface area contributed by atoms with E-state index in [0.29, 0.717) is 32.8 Å². The lowest BCUT2D eigenvalue weighted by atomic mass is 10.2. The second-order valence-corrected chi connectivity index (χ2v) is 9.72. The Hall–Kier alpha value is -2.23. The normalized spacial score (nSPS) is 19.0. The fourth-order valence-corrected chi connectivity index (χ4v) is 5.37. The van der Waals surface area contributed by atoms with Crippen molar-refractivity contribution in [1.82, 2.24) is 19.2 Å². The minimum Gasteiger partial charge on any atom is -0.353 e. The summed E-state index contributed by atoms with van der Waals surface area (Å²) in [4.78, 5) is 38.0. The van der Waals surface area contributed by atoms with Crippen LogP contribution in [0.3, 0.4) is 0 Å². The Labute approximate surface area is 198 Å². The van der Waals surface area contributed by atoms with Gasteiger partial charge in [-0.3, -0.25) is 18.9 Å². The van der Waals surface area contributed by atoms with Gasteiger partial charge in [0.2, 0.25) is 0 Å². The number of thioether (sulfide) groups is 1. The molecule has 0 atom stereocenters. The van der Waals surface area contributed by atoms with Gasteiger partial charge >= 0.3 is 0 Å². The molecule has 2 aliphatic heterocycles.